The van der Waals surface area contributed by atoms with Crippen LogP contribution in [-0.4, -0.2) is 15.9 Å². The summed E-state index contributed by atoms with van der Waals surface area (Å²) in [7, 11) is 0. The number of carbonyl (C=O) groups excluding carboxylic acids is 1. The summed E-state index contributed by atoms with van der Waals surface area (Å²) >= 11 is 0. The van der Waals surface area contributed by atoms with Crippen molar-refractivity contribution in [2.24, 2.45) is 0 Å². The molecule has 0 radical (unpaired) electrons. The molecule has 1 amide bonds. The van der Waals surface area contributed by atoms with Crippen LogP contribution in [-0.2, 0) is 11.2 Å². The maximum Gasteiger partial charge on any atom is 0.229 e. The summed E-state index contributed by atoms with van der Waals surface area (Å²) in [5.41, 5.74) is 2.92. The van der Waals surface area contributed by atoms with Crippen molar-refractivity contribution in [1.29, 1.82) is 0 Å². The number of aryl methyl sites for hydroxylation is 2. The number of nitrogens with zero attached hydrogens (tertiary/aromatic N) is 2. The van der Waals surface area contributed by atoms with Gasteiger partial charge in [-0.05, 0) is 49.2 Å². The molecule has 2 rings (SSSR count). The second-order valence-corrected chi connectivity index (χ2v) is 4.25. The van der Waals surface area contributed by atoms with Gasteiger partial charge in [0, 0.05) is 18.1 Å². The molecule has 1 N–H and O–H groups in total. The molecule has 0 aromatic carbocycles. The fourth-order valence-corrected chi connectivity index (χ4v) is 1.78. The Bertz CT molecular complexity index is 532. The lowest BCUT2D eigenvalue weighted by Gasteiger charge is -2.06. The van der Waals surface area contributed by atoms with Crippen molar-refractivity contribution in [3.05, 3.63) is 53.5 Å². The van der Waals surface area contributed by atoms with Gasteiger partial charge in [0.2, 0.25) is 5.91 Å². The zero-order chi connectivity index (χ0) is 13.0. The second kappa shape index (κ2) is 5.40. The molecule has 0 saturated carbocycles. The van der Waals surface area contributed by atoms with E-state index < -0.39 is 0 Å². The molecular weight excluding hydrogens is 226 g/mol. The molecule has 0 aliphatic rings. The van der Waals surface area contributed by atoms with E-state index in [1.807, 2.05) is 38.1 Å². The number of hydrogen-bond donors (Lipinski definition) is 1. The Balaban J connectivity index is 2.03. The molecule has 4 nitrogen and oxygen atoms in total. The highest BCUT2D eigenvalue weighted by Crippen LogP contribution is 2.09. The molecule has 4 heteroatoms. The molecule has 2 aromatic heterocycles. The topological polar surface area (TPSA) is 54.9 Å². The Morgan fingerprint density at radius 3 is 2.61 bits per heavy atom. The van der Waals surface area contributed by atoms with E-state index in [1.54, 1.807) is 12.4 Å². The van der Waals surface area contributed by atoms with Crippen molar-refractivity contribution in [1.82, 2.24) is 9.97 Å². The van der Waals surface area contributed by atoms with Crippen LogP contribution >= 0.6 is 0 Å². The summed E-state index contributed by atoms with van der Waals surface area (Å²) in [4.78, 5) is 20.0. The summed E-state index contributed by atoms with van der Waals surface area (Å²) in [6.07, 6.45) is 3.69. The van der Waals surface area contributed by atoms with Crippen molar-refractivity contribution >= 4 is 11.7 Å². The molecule has 2 aromatic rings. The van der Waals surface area contributed by atoms with Gasteiger partial charge in [-0.3, -0.25) is 9.78 Å². The zero-order valence-corrected chi connectivity index (χ0v) is 10.5. The third-order valence-electron chi connectivity index (χ3n) is 2.48. The number of nitrogens with one attached hydrogen (secondary N) is 1. The summed E-state index contributed by atoms with van der Waals surface area (Å²) < 4.78 is 0. The molecule has 0 unspecified atom stereocenters. The maximum atomic E-state index is 11.8. The van der Waals surface area contributed by atoms with Gasteiger partial charge in [0.15, 0.2) is 0 Å². The highest BCUT2D eigenvalue weighted by Gasteiger charge is 2.05. The van der Waals surface area contributed by atoms with Crippen LogP contribution in [0.5, 0.6) is 0 Å². The number of hydrogen-bond acceptors (Lipinski definition) is 3. The van der Waals surface area contributed by atoms with Gasteiger partial charge in [0.05, 0.1) is 6.42 Å². The average Bonchev–Trinajstić information content (AvgIpc) is 2.28. The van der Waals surface area contributed by atoms with Crippen LogP contribution in [0.1, 0.15) is 16.8 Å². The first-order valence-electron chi connectivity index (χ1n) is 5.77. The van der Waals surface area contributed by atoms with Crippen LogP contribution in [0.2, 0.25) is 0 Å². The quantitative estimate of drug-likeness (QED) is 0.896. The predicted octanol–water partition coefficient (Wildman–Crippen LogP) is 2.27. The molecule has 2 heterocycles. The number of amides is 1. The number of rotatable bonds is 3. The molecule has 0 aliphatic heterocycles. The fraction of sp³-hybridized carbons (Fsp3) is 0.214. The van der Waals surface area contributed by atoms with Gasteiger partial charge in [0.1, 0.15) is 5.82 Å². The molecular formula is C14H15N3O. The van der Waals surface area contributed by atoms with Gasteiger partial charge in [-0.15, -0.1) is 0 Å². The van der Waals surface area contributed by atoms with Gasteiger partial charge in [-0.2, -0.15) is 0 Å². The minimum atomic E-state index is -0.0706. The Kier molecular flexibility index (Phi) is 3.67. The first-order chi connectivity index (χ1) is 8.63. The van der Waals surface area contributed by atoms with Crippen LogP contribution in [0.25, 0.3) is 0 Å². The third kappa shape index (κ3) is 3.38. The van der Waals surface area contributed by atoms with Gasteiger partial charge in [0.25, 0.3) is 0 Å². The maximum absolute atomic E-state index is 11.8. The minimum absolute atomic E-state index is 0.0706. The molecule has 18 heavy (non-hydrogen) atoms. The van der Waals surface area contributed by atoms with E-state index in [9.17, 15) is 4.79 Å². The van der Waals surface area contributed by atoms with E-state index >= 15 is 0 Å². The van der Waals surface area contributed by atoms with Crippen LogP contribution < -0.4 is 5.32 Å². The molecule has 0 atom stereocenters. The van der Waals surface area contributed by atoms with E-state index in [4.69, 9.17) is 0 Å². The zero-order valence-electron chi connectivity index (χ0n) is 10.5. The summed E-state index contributed by atoms with van der Waals surface area (Å²) in [6, 6.07) is 7.49. The van der Waals surface area contributed by atoms with Gasteiger partial charge in [-0.1, -0.05) is 0 Å². The number of carbonyl (C=O) groups is 1. The predicted molar refractivity (Wildman–Crippen MR) is 70.3 cm³/mol. The van der Waals surface area contributed by atoms with Crippen molar-refractivity contribution in [3.8, 4) is 0 Å². The molecule has 0 fully saturated rings. The summed E-state index contributed by atoms with van der Waals surface area (Å²) in [5.74, 6) is 0.533. The lowest BCUT2D eigenvalue weighted by Crippen LogP contribution is -2.15. The Hall–Kier alpha value is -2.23. The van der Waals surface area contributed by atoms with Gasteiger partial charge in [-0.25, -0.2) is 4.98 Å². The van der Waals surface area contributed by atoms with E-state index in [-0.39, 0.29) is 5.91 Å². The van der Waals surface area contributed by atoms with Crippen molar-refractivity contribution in [2.45, 2.75) is 20.3 Å². The molecule has 0 aliphatic carbocycles. The average molecular weight is 241 g/mol. The largest absolute Gasteiger partial charge is 0.310 e. The molecule has 0 saturated heterocycles. The van der Waals surface area contributed by atoms with Gasteiger partial charge < -0.3 is 5.32 Å². The lowest BCUT2D eigenvalue weighted by molar-refractivity contribution is -0.115. The monoisotopic (exact) mass is 241 g/mol. The van der Waals surface area contributed by atoms with Gasteiger partial charge >= 0.3 is 0 Å². The standard InChI is InChI=1S/C14H15N3O/c1-10-7-11(2)16-13(8-10)17-14(18)9-12-3-5-15-6-4-12/h3-8H,9H2,1-2H3,(H,16,17,18). The first-order valence-corrected chi connectivity index (χ1v) is 5.77. The summed E-state index contributed by atoms with van der Waals surface area (Å²) in [5, 5.41) is 2.80. The van der Waals surface area contributed by atoms with E-state index in [1.165, 1.54) is 0 Å². The Morgan fingerprint density at radius 2 is 1.94 bits per heavy atom. The normalized spacial score (nSPS) is 10.1. The third-order valence-corrected chi connectivity index (χ3v) is 2.48. The lowest BCUT2D eigenvalue weighted by atomic mass is 10.2. The van der Waals surface area contributed by atoms with Crippen LogP contribution in [0.15, 0.2) is 36.7 Å². The minimum Gasteiger partial charge on any atom is -0.310 e. The number of pyridine rings is 2. The van der Waals surface area contributed by atoms with Crippen LogP contribution in [0, 0.1) is 13.8 Å². The van der Waals surface area contributed by atoms with Crippen molar-refractivity contribution < 1.29 is 4.79 Å². The van der Waals surface area contributed by atoms with E-state index in [0.717, 1.165) is 16.8 Å². The molecule has 92 valence electrons. The van der Waals surface area contributed by atoms with Crippen molar-refractivity contribution in [2.75, 3.05) is 5.32 Å². The van der Waals surface area contributed by atoms with Crippen LogP contribution in [0.3, 0.4) is 0 Å². The van der Waals surface area contributed by atoms with E-state index in [2.05, 4.69) is 15.3 Å². The Labute approximate surface area is 106 Å². The number of anilines is 1. The highest BCUT2D eigenvalue weighted by molar-refractivity contribution is 5.91. The Morgan fingerprint density at radius 1 is 1.22 bits per heavy atom. The van der Waals surface area contributed by atoms with Crippen molar-refractivity contribution in [3.63, 3.8) is 0 Å². The molecule has 0 bridgehead atoms. The second-order valence-electron chi connectivity index (χ2n) is 4.25. The first kappa shape index (κ1) is 12.2. The van der Waals surface area contributed by atoms with Crippen LogP contribution in [0.4, 0.5) is 5.82 Å². The fourth-order valence-electron chi connectivity index (χ4n) is 1.78. The smallest absolute Gasteiger partial charge is 0.229 e. The highest BCUT2D eigenvalue weighted by atomic mass is 16.1. The summed E-state index contributed by atoms with van der Waals surface area (Å²) in [6.45, 7) is 3.89. The molecule has 0 spiro atoms. The number of aromatic nitrogens is 2. The van der Waals surface area contributed by atoms with E-state index in [0.29, 0.717) is 12.2 Å². The SMILES string of the molecule is Cc1cc(C)nc(NC(=O)Cc2ccncc2)c1.